The normalized spacial score (nSPS) is 10.4. The Morgan fingerprint density at radius 2 is 2.06 bits per heavy atom. The summed E-state index contributed by atoms with van der Waals surface area (Å²) in [7, 11) is 0. The van der Waals surface area contributed by atoms with Crippen LogP contribution in [0.2, 0.25) is 0 Å². The van der Waals surface area contributed by atoms with Gasteiger partial charge in [0.2, 0.25) is 0 Å². The number of anilines is 1. The van der Waals surface area contributed by atoms with Gasteiger partial charge in [-0.25, -0.2) is 4.98 Å². The number of nitrogens with one attached hydrogen (secondary N) is 2. The van der Waals surface area contributed by atoms with Crippen LogP contribution in [0.15, 0.2) is 24.5 Å². The van der Waals surface area contributed by atoms with Gasteiger partial charge in [-0.2, -0.15) is 0 Å². The molecule has 0 saturated carbocycles. The van der Waals surface area contributed by atoms with E-state index in [9.17, 15) is 0 Å². The second-order valence-corrected chi connectivity index (χ2v) is 4.15. The van der Waals surface area contributed by atoms with E-state index in [0.717, 1.165) is 17.9 Å². The summed E-state index contributed by atoms with van der Waals surface area (Å²) in [4.78, 5) is 7.34. The van der Waals surface area contributed by atoms with E-state index in [1.807, 2.05) is 6.92 Å². The topological polar surface area (TPSA) is 40.7 Å². The van der Waals surface area contributed by atoms with Crippen LogP contribution in [-0.4, -0.2) is 9.97 Å². The Hall–Kier alpha value is -1.77. The lowest BCUT2D eigenvalue weighted by molar-refractivity contribution is 1.04. The predicted octanol–water partition coefficient (Wildman–Crippen LogP) is 2.95. The first-order valence-electron chi connectivity index (χ1n) is 5.47. The molecule has 0 saturated heterocycles. The largest absolute Gasteiger partial charge is 0.379 e. The van der Waals surface area contributed by atoms with Crippen molar-refractivity contribution in [1.82, 2.24) is 9.97 Å². The molecule has 0 fully saturated rings. The molecule has 16 heavy (non-hydrogen) atoms. The summed E-state index contributed by atoms with van der Waals surface area (Å²) in [6, 6.07) is 6.42. The molecule has 2 rings (SSSR count). The third-order valence-corrected chi connectivity index (χ3v) is 2.76. The van der Waals surface area contributed by atoms with Crippen LogP contribution in [-0.2, 0) is 6.54 Å². The van der Waals surface area contributed by atoms with Crippen LogP contribution < -0.4 is 5.32 Å². The first kappa shape index (κ1) is 10.7. The molecule has 0 aliphatic heterocycles. The Labute approximate surface area is 95.9 Å². The standard InChI is InChI=1S/C13H17N3/c1-9-4-5-12(10(2)6-9)14-7-13-11(3)15-8-16-13/h4-6,8,14H,7H2,1-3H3,(H,15,16). The average Bonchev–Trinajstić information content (AvgIpc) is 2.63. The minimum absolute atomic E-state index is 0.763. The number of hydrogen-bond donors (Lipinski definition) is 2. The van der Waals surface area contributed by atoms with Crippen molar-refractivity contribution in [3.8, 4) is 0 Å². The zero-order valence-corrected chi connectivity index (χ0v) is 9.96. The fraction of sp³-hybridized carbons (Fsp3) is 0.308. The van der Waals surface area contributed by atoms with Gasteiger partial charge in [-0.15, -0.1) is 0 Å². The summed E-state index contributed by atoms with van der Waals surface area (Å²) in [5.41, 5.74) is 5.93. The van der Waals surface area contributed by atoms with Gasteiger partial charge < -0.3 is 10.3 Å². The van der Waals surface area contributed by atoms with Gasteiger partial charge >= 0.3 is 0 Å². The maximum absolute atomic E-state index is 4.26. The van der Waals surface area contributed by atoms with Crippen LogP contribution in [0.3, 0.4) is 0 Å². The summed E-state index contributed by atoms with van der Waals surface area (Å²) in [5, 5.41) is 3.40. The highest BCUT2D eigenvalue weighted by Gasteiger charge is 2.02. The molecule has 0 unspecified atom stereocenters. The maximum Gasteiger partial charge on any atom is 0.0925 e. The van der Waals surface area contributed by atoms with E-state index in [4.69, 9.17) is 0 Å². The molecule has 84 valence electrons. The van der Waals surface area contributed by atoms with E-state index >= 15 is 0 Å². The van der Waals surface area contributed by atoms with Crippen molar-refractivity contribution in [3.63, 3.8) is 0 Å². The van der Waals surface area contributed by atoms with Gasteiger partial charge in [-0.3, -0.25) is 0 Å². The van der Waals surface area contributed by atoms with Crippen molar-refractivity contribution in [1.29, 1.82) is 0 Å². The van der Waals surface area contributed by atoms with E-state index in [-0.39, 0.29) is 0 Å². The molecule has 0 radical (unpaired) electrons. The number of benzene rings is 1. The highest BCUT2D eigenvalue weighted by molar-refractivity contribution is 5.52. The van der Waals surface area contributed by atoms with E-state index in [2.05, 4.69) is 47.3 Å². The van der Waals surface area contributed by atoms with E-state index < -0.39 is 0 Å². The van der Waals surface area contributed by atoms with Gasteiger partial charge in [-0.05, 0) is 32.4 Å². The minimum Gasteiger partial charge on any atom is -0.379 e. The van der Waals surface area contributed by atoms with Gasteiger partial charge in [0, 0.05) is 11.4 Å². The van der Waals surface area contributed by atoms with E-state index in [0.29, 0.717) is 0 Å². The monoisotopic (exact) mass is 215 g/mol. The Bertz CT molecular complexity index is 486. The quantitative estimate of drug-likeness (QED) is 0.826. The zero-order chi connectivity index (χ0) is 11.5. The number of H-pyrrole nitrogens is 1. The maximum atomic E-state index is 4.26. The Kier molecular flexibility index (Phi) is 2.95. The van der Waals surface area contributed by atoms with Crippen molar-refractivity contribution in [2.75, 3.05) is 5.32 Å². The lowest BCUT2D eigenvalue weighted by Gasteiger charge is -2.09. The first-order valence-corrected chi connectivity index (χ1v) is 5.47. The number of hydrogen-bond acceptors (Lipinski definition) is 2. The van der Waals surface area contributed by atoms with Crippen LogP contribution in [0.25, 0.3) is 0 Å². The molecule has 1 heterocycles. The van der Waals surface area contributed by atoms with Gasteiger partial charge in [0.1, 0.15) is 0 Å². The molecule has 3 nitrogen and oxygen atoms in total. The van der Waals surface area contributed by atoms with Crippen LogP contribution >= 0.6 is 0 Å². The summed E-state index contributed by atoms with van der Waals surface area (Å²) in [6.07, 6.45) is 1.73. The fourth-order valence-corrected chi connectivity index (χ4v) is 1.76. The van der Waals surface area contributed by atoms with Crippen molar-refractivity contribution in [2.45, 2.75) is 27.3 Å². The molecular weight excluding hydrogens is 198 g/mol. The highest BCUT2D eigenvalue weighted by Crippen LogP contribution is 2.17. The molecule has 0 bridgehead atoms. The fourth-order valence-electron chi connectivity index (χ4n) is 1.76. The SMILES string of the molecule is Cc1ccc(NCc2nc[nH]c2C)c(C)c1. The molecule has 3 heteroatoms. The molecule has 2 aromatic rings. The number of nitrogens with zero attached hydrogens (tertiary/aromatic N) is 1. The van der Waals surface area contributed by atoms with Gasteiger partial charge in [-0.1, -0.05) is 17.7 Å². The molecule has 0 atom stereocenters. The van der Waals surface area contributed by atoms with Gasteiger partial charge in [0.15, 0.2) is 0 Å². The average molecular weight is 215 g/mol. The molecule has 2 N–H and O–H groups in total. The van der Waals surface area contributed by atoms with Crippen LogP contribution in [0.4, 0.5) is 5.69 Å². The highest BCUT2D eigenvalue weighted by atomic mass is 14.9. The lowest BCUT2D eigenvalue weighted by atomic mass is 10.1. The summed E-state index contributed by atoms with van der Waals surface area (Å²) >= 11 is 0. The summed E-state index contributed by atoms with van der Waals surface area (Å²) in [6.45, 7) is 7.02. The van der Waals surface area contributed by atoms with E-state index in [1.165, 1.54) is 16.8 Å². The molecular formula is C13H17N3. The van der Waals surface area contributed by atoms with Gasteiger partial charge in [0.05, 0.1) is 18.6 Å². The Morgan fingerprint density at radius 3 is 2.69 bits per heavy atom. The number of aryl methyl sites for hydroxylation is 3. The molecule has 0 aliphatic rings. The Morgan fingerprint density at radius 1 is 1.25 bits per heavy atom. The first-order chi connectivity index (χ1) is 7.66. The smallest absolute Gasteiger partial charge is 0.0925 e. The third-order valence-electron chi connectivity index (χ3n) is 2.76. The molecule has 0 spiro atoms. The van der Waals surface area contributed by atoms with Crippen LogP contribution in [0, 0.1) is 20.8 Å². The Balaban J connectivity index is 2.08. The molecule has 0 amide bonds. The van der Waals surface area contributed by atoms with Crippen LogP contribution in [0.1, 0.15) is 22.5 Å². The van der Waals surface area contributed by atoms with E-state index in [1.54, 1.807) is 6.33 Å². The van der Waals surface area contributed by atoms with Crippen molar-refractivity contribution in [3.05, 3.63) is 47.0 Å². The minimum atomic E-state index is 0.763. The third kappa shape index (κ3) is 2.24. The van der Waals surface area contributed by atoms with Crippen LogP contribution in [0.5, 0.6) is 0 Å². The second kappa shape index (κ2) is 4.39. The summed E-state index contributed by atoms with van der Waals surface area (Å²) < 4.78 is 0. The molecule has 1 aromatic heterocycles. The summed E-state index contributed by atoms with van der Waals surface area (Å²) in [5.74, 6) is 0. The number of aromatic nitrogens is 2. The van der Waals surface area contributed by atoms with Crippen molar-refractivity contribution < 1.29 is 0 Å². The molecule has 0 aliphatic carbocycles. The number of aromatic amines is 1. The lowest BCUT2D eigenvalue weighted by Crippen LogP contribution is -2.02. The second-order valence-electron chi connectivity index (χ2n) is 4.15. The number of rotatable bonds is 3. The molecule has 1 aromatic carbocycles. The van der Waals surface area contributed by atoms with Crippen molar-refractivity contribution >= 4 is 5.69 Å². The predicted molar refractivity (Wildman–Crippen MR) is 66.6 cm³/mol. The number of imidazole rings is 1. The van der Waals surface area contributed by atoms with Crippen molar-refractivity contribution in [2.24, 2.45) is 0 Å². The van der Waals surface area contributed by atoms with Gasteiger partial charge in [0.25, 0.3) is 0 Å². The zero-order valence-electron chi connectivity index (χ0n) is 9.96.